The van der Waals surface area contributed by atoms with Gasteiger partial charge >= 0.3 is 0 Å². The van der Waals surface area contributed by atoms with Crippen LogP contribution in [0.3, 0.4) is 0 Å². The van der Waals surface area contributed by atoms with Gasteiger partial charge in [0.15, 0.2) is 0 Å². The van der Waals surface area contributed by atoms with Crippen molar-refractivity contribution in [1.82, 2.24) is 4.98 Å². The summed E-state index contributed by atoms with van der Waals surface area (Å²) in [5.41, 5.74) is 3.11. The minimum atomic E-state index is -2.35. The number of rotatable bonds is 5. The van der Waals surface area contributed by atoms with E-state index in [1.165, 1.54) is 19.2 Å². The highest BCUT2D eigenvalue weighted by atomic mass is 35.5. The van der Waals surface area contributed by atoms with E-state index in [0.29, 0.717) is 21.9 Å². The summed E-state index contributed by atoms with van der Waals surface area (Å²) in [4.78, 5) is 4.13. The zero-order valence-electron chi connectivity index (χ0n) is 13.7. The Morgan fingerprint density at radius 1 is 1.15 bits per heavy atom. The monoisotopic (exact) mass is 390 g/mol. The number of ether oxygens (including phenoxy) is 1. The number of halogens is 2. The van der Waals surface area contributed by atoms with Gasteiger partial charge in [-0.15, -0.1) is 0 Å². The van der Waals surface area contributed by atoms with Crippen molar-refractivity contribution in [3.8, 4) is 28.0 Å². The maximum atomic E-state index is 14.3. The van der Waals surface area contributed by atoms with Gasteiger partial charge in [-0.05, 0) is 46.5 Å². The lowest BCUT2D eigenvalue weighted by molar-refractivity contribution is 0.415. The predicted octanol–water partition coefficient (Wildman–Crippen LogP) is 4.60. The largest absolute Gasteiger partial charge is 0.772 e. The number of pyridine rings is 1. The summed E-state index contributed by atoms with van der Waals surface area (Å²) in [6.45, 7) is 0. The molecule has 1 aromatic heterocycles. The maximum Gasteiger partial charge on any atom is 0.138 e. The van der Waals surface area contributed by atoms with Gasteiger partial charge in [0.2, 0.25) is 0 Å². The molecule has 0 bridgehead atoms. The predicted molar refractivity (Wildman–Crippen MR) is 99.3 cm³/mol. The molecule has 1 unspecified atom stereocenters. The Morgan fingerprint density at radius 2 is 1.88 bits per heavy atom. The molecule has 3 aromatic rings. The van der Waals surface area contributed by atoms with E-state index in [9.17, 15) is 13.2 Å². The lowest BCUT2D eigenvalue weighted by Crippen LogP contribution is -1.97. The molecule has 0 N–H and O–H groups in total. The van der Waals surface area contributed by atoms with E-state index in [1.54, 1.807) is 30.6 Å². The van der Waals surface area contributed by atoms with Crippen LogP contribution in [0.15, 0.2) is 54.9 Å². The molecule has 0 saturated carbocycles. The van der Waals surface area contributed by atoms with Crippen LogP contribution in [-0.4, -0.2) is 20.9 Å². The fraction of sp³-hybridized carbons (Fsp3) is 0.105. The zero-order chi connectivity index (χ0) is 18.7. The van der Waals surface area contributed by atoms with Gasteiger partial charge in [0.25, 0.3) is 0 Å². The van der Waals surface area contributed by atoms with Gasteiger partial charge in [-0.1, -0.05) is 40.9 Å². The molecule has 134 valence electrons. The van der Waals surface area contributed by atoms with Crippen molar-refractivity contribution < 1.29 is 17.9 Å². The number of hydrogen-bond acceptors (Lipinski definition) is 4. The van der Waals surface area contributed by atoms with Crippen molar-refractivity contribution in [3.63, 3.8) is 0 Å². The average molecular weight is 391 g/mol. The van der Waals surface area contributed by atoms with Crippen molar-refractivity contribution in [1.29, 1.82) is 0 Å². The van der Waals surface area contributed by atoms with Gasteiger partial charge in [-0.2, -0.15) is 0 Å². The SMILES string of the molecule is COc1cc(-c2ccncc2-c2ccc(CS(=O)[O-])c(F)c2)ccc1Cl. The summed E-state index contributed by atoms with van der Waals surface area (Å²) >= 11 is 3.74. The second-order valence-electron chi connectivity index (χ2n) is 5.52. The maximum absolute atomic E-state index is 14.3. The number of benzene rings is 2. The molecule has 1 atom stereocenters. The Balaban J connectivity index is 2.08. The second kappa shape index (κ2) is 7.95. The number of nitrogens with zero attached hydrogens (tertiary/aromatic N) is 1. The fourth-order valence-corrected chi connectivity index (χ4v) is 3.35. The minimum Gasteiger partial charge on any atom is -0.772 e. The topological polar surface area (TPSA) is 62.2 Å². The van der Waals surface area contributed by atoms with Crippen molar-refractivity contribution >= 4 is 22.7 Å². The highest BCUT2D eigenvalue weighted by molar-refractivity contribution is 7.78. The van der Waals surface area contributed by atoms with E-state index in [-0.39, 0.29) is 11.3 Å². The molecule has 0 amide bonds. The van der Waals surface area contributed by atoms with Gasteiger partial charge in [0.1, 0.15) is 11.6 Å². The first kappa shape index (κ1) is 18.5. The van der Waals surface area contributed by atoms with E-state index in [2.05, 4.69) is 4.98 Å². The summed E-state index contributed by atoms with van der Waals surface area (Å²) in [5.74, 6) is -0.401. The van der Waals surface area contributed by atoms with Crippen LogP contribution in [0, 0.1) is 5.82 Å². The molecule has 0 aliphatic rings. The molecule has 26 heavy (non-hydrogen) atoms. The molecule has 0 aliphatic carbocycles. The average Bonchev–Trinajstić information content (AvgIpc) is 2.63. The van der Waals surface area contributed by atoms with Crippen LogP contribution >= 0.6 is 11.6 Å². The van der Waals surface area contributed by atoms with Crippen LogP contribution in [-0.2, 0) is 16.8 Å². The lowest BCUT2D eigenvalue weighted by Gasteiger charge is -2.13. The van der Waals surface area contributed by atoms with E-state index < -0.39 is 16.9 Å². The number of methoxy groups -OCH3 is 1. The zero-order valence-corrected chi connectivity index (χ0v) is 15.3. The van der Waals surface area contributed by atoms with Crippen LogP contribution in [0.1, 0.15) is 5.56 Å². The van der Waals surface area contributed by atoms with Crippen LogP contribution in [0.4, 0.5) is 4.39 Å². The number of hydrogen-bond donors (Lipinski definition) is 0. The molecule has 2 aromatic carbocycles. The molecule has 1 heterocycles. The Hall–Kier alpha value is -2.28. The Labute approximate surface area is 157 Å². The highest BCUT2D eigenvalue weighted by Gasteiger charge is 2.12. The molecule has 0 fully saturated rings. The summed E-state index contributed by atoms with van der Waals surface area (Å²) in [6.07, 6.45) is 3.28. The summed E-state index contributed by atoms with van der Waals surface area (Å²) < 4.78 is 41.1. The molecule has 0 radical (unpaired) electrons. The fourth-order valence-electron chi connectivity index (χ4n) is 2.66. The van der Waals surface area contributed by atoms with E-state index in [0.717, 1.165) is 11.1 Å². The first-order valence-electron chi connectivity index (χ1n) is 7.62. The van der Waals surface area contributed by atoms with Gasteiger partial charge in [0.05, 0.1) is 12.1 Å². The van der Waals surface area contributed by atoms with E-state index in [1.807, 2.05) is 12.1 Å². The molecular formula is C19H14ClFNO3S-. The normalized spacial score (nSPS) is 12.0. The van der Waals surface area contributed by atoms with E-state index in [4.69, 9.17) is 16.3 Å². The Morgan fingerprint density at radius 3 is 2.58 bits per heavy atom. The standard InChI is InChI=1S/C19H15ClFNO3S/c1-25-19-9-13(4-5-17(19)20)15-6-7-22-10-16(15)12-2-3-14(11-26(23)24)18(21)8-12/h2-10H,11H2,1H3,(H,23,24)/p-1. The smallest absolute Gasteiger partial charge is 0.138 e. The molecule has 0 saturated heterocycles. The quantitative estimate of drug-likeness (QED) is 0.597. The first-order chi connectivity index (χ1) is 12.5. The molecule has 7 heteroatoms. The Bertz CT molecular complexity index is 981. The van der Waals surface area contributed by atoms with Crippen molar-refractivity contribution in [2.45, 2.75) is 5.75 Å². The van der Waals surface area contributed by atoms with Crippen molar-refractivity contribution in [2.75, 3.05) is 7.11 Å². The van der Waals surface area contributed by atoms with Gasteiger partial charge in [0, 0.05) is 23.7 Å². The third kappa shape index (κ3) is 3.93. The van der Waals surface area contributed by atoms with Gasteiger partial charge in [-0.3, -0.25) is 9.19 Å². The third-order valence-corrected chi connectivity index (χ3v) is 4.78. The van der Waals surface area contributed by atoms with Crippen molar-refractivity contribution in [2.24, 2.45) is 0 Å². The van der Waals surface area contributed by atoms with Crippen LogP contribution in [0.5, 0.6) is 5.75 Å². The Kier molecular flexibility index (Phi) is 5.66. The lowest BCUT2D eigenvalue weighted by atomic mass is 9.96. The molecule has 0 aliphatic heterocycles. The first-order valence-corrected chi connectivity index (χ1v) is 9.24. The molecule has 4 nitrogen and oxygen atoms in total. The van der Waals surface area contributed by atoms with Crippen LogP contribution in [0.25, 0.3) is 22.3 Å². The van der Waals surface area contributed by atoms with Crippen LogP contribution < -0.4 is 4.74 Å². The van der Waals surface area contributed by atoms with Crippen molar-refractivity contribution in [3.05, 3.63) is 71.3 Å². The molecule has 0 spiro atoms. The van der Waals surface area contributed by atoms with E-state index >= 15 is 0 Å². The highest BCUT2D eigenvalue weighted by Crippen LogP contribution is 2.36. The van der Waals surface area contributed by atoms with Gasteiger partial charge < -0.3 is 9.29 Å². The minimum absolute atomic E-state index is 0.126. The van der Waals surface area contributed by atoms with Gasteiger partial charge in [-0.25, -0.2) is 4.39 Å². The number of aromatic nitrogens is 1. The second-order valence-corrected chi connectivity index (χ2v) is 6.83. The summed E-state index contributed by atoms with van der Waals surface area (Å²) in [5, 5.41) is 0.493. The van der Waals surface area contributed by atoms with Crippen LogP contribution in [0.2, 0.25) is 5.02 Å². The summed E-state index contributed by atoms with van der Waals surface area (Å²) in [6, 6.07) is 11.7. The third-order valence-electron chi connectivity index (χ3n) is 3.92. The molecular weight excluding hydrogens is 377 g/mol. The summed E-state index contributed by atoms with van der Waals surface area (Å²) in [7, 11) is 1.53. The molecule has 3 rings (SSSR count).